The maximum absolute atomic E-state index is 5.37. The van der Waals surface area contributed by atoms with Crippen LogP contribution in [0.2, 0.25) is 0 Å². The second kappa shape index (κ2) is 7.46. The number of nitrogens with two attached hydrogens (primary N) is 1. The minimum atomic E-state index is 0.607. The van der Waals surface area contributed by atoms with Crippen LogP contribution < -0.4 is 5.73 Å². The number of ether oxygens (including phenoxy) is 1. The maximum atomic E-state index is 5.37. The Morgan fingerprint density at radius 3 is 2.67 bits per heavy atom. The molecule has 0 aliphatic rings. The van der Waals surface area contributed by atoms with Crippen LogP contribution in [0.4, 0.5) is 0 Å². The van der Waals surface area contributed by atoms with Gasteiger partial charge in [-0.25, -0.2) is 0 Å². The quantitative estimate of drug-likeness (QED) is 0.598. The average molecular weight is 190 g/mol. The van der Waals surface area contributed by atoms with Gasteiger partial charge < -0.3 is 15.4 Å². The van der Waals surface area contributed by atoms with Gasteiger partial charge in [-0.2, -0.15) is 0 Å². The molecule has 0 radical (unpaired) electrons. The highest BCUT2D eigenvalue weighted by atomic mass is 32.1. The van der Waals surface area contributed by atoms with E-state index in [1.165, 1.54) is 0 Å². The van der Waals surface area contributed by atoms with Crippen molar-refractivity contribution in [1.82, 2.24) is 4.90 Å². The molecule has 4 heteroatoms. The number of rotatable bonds is 7. The third-order valence-electron chi connectivity index (χ3n) is 1.64. The van der Waals surface area contributed by atoms with Crippen molar-refractivity contribution in [3.8, 4) is 0 Å². The molecule has 2 N–H and O–H groups in total. The summed E-state index contributed by atoms with van der Waals surface area (Å²) in [6.45, 7) is 2.78. The lowest BCUT2D eigenvalue weighted by atomic mass is 10.3. The molecule has 0 aliphatic heterocycles. The molecule has 0 aromatic heterocycles. The number of nitrogens with zero attached hydrogens (tertiary/aromatic N) is 1. The summed E-state index contributed by atoms with van der Waals surface area (Å²) in [7, 11) is 3.78. The molecule has 0 aromatic rings. The number of likely N-dealkylation sites (N-methyl/N-ethyl adjacent to an activating group) is 1. The summed E-state index contributed by atoms with van der Waals surface area (Å²) < 4.78 is 4.95. The maximum Gasteiger partial charge on any atom is 0.0727 e. The van der Waals surface area contributed by atoms with E-state index in [0.29, 0.717) is 4.99 Å². The van der Waals surface area contributed by atoms with Gasteiger partial charge in [0.2, 0.25) is 0 Å². The van der Waals surface area contributed by atoms with E-state index in [9.17, 15) is 0 Å². The molecule has 0 amide bonds. The van der Waals surface area contributed by atoms with Crippen molar-refractivity contribution in [2.75, 3.05) is 33.9 Å². The second-order valence-corrected chi connectivity index (χ2v) is 3.39. The Bertz CT molecular complexity index is 130. The van der Waals surface area contributed by atoms with Crippen LogP contribution >= 0.6 is 12.2 Å². The van der Waals surface area contributed by atoms with Gasteiger partial charge in [0, 0.05) is 13.7 Å². The van der Waals surface area contributed by atoms with Crippen LogP contribution in [0.3, 0.4) is 0 Å². The SMILES string of the molecule is COCCN(C)CCCC(N)=S. The third kappa shape index (κ3) is 7.91. The summed E-state index contributed by atoms with van der Waals surface area (Å²) in [5.41, 5.74) is 5.37. The smallest absolute Gasteiger partial charge is 0.0727 e. The van der Waals surface area contributed by atoms with E-state index < -0.39 is 0 Å². The average Bonchev–Trinajstić information content (AvgIpc) is 2.00. The molecule has 0 aromatic carbocycles. The highest BCUT2D eigenvalue weighted by molar-refractivity contribution is 7.80. The fourth-order valence-electron chi connectivity index (χ4n) is 0.882. The summed E-state index contributed by atoms with van der Waals surface area (Å²) in [6, 6.07) is 0. The van der Waals surface area contributed by atoms with Gasteiger partial charge in [0.15, 0.2) is 0 Å². The molecule has 0 bridgehead atoms. The Morgan fingerprint density at radius 1 is 1.50 bits per heavy atom. The van der Waals surface area contributed by atoms with Gasteiger partial charge >= 0.3 is 0 Å². The zero-order chi connectivity index (χ0) is 9.40. The molecule has 12 heavy (non-hydrogen) atoms. The lowest BCUT2D eigenvalue weighted by molar-refractivity contribution is 0.161. The summed E-state index contributed by atoms with van der Waals surface area (Å²) in [5, 5.41) is 0. The van der Waals surface area contributed by atoms with Crippen LogP contribution in [0.5, 0.6) is 0 Å². The Morgan fingerprint density at radius 2 is 2.17 bits per heavy atom. The van der Waals surface area contributed by atoms with Crippen molar-refractivity contribution < 1.29 is 4.74 Å². The molecule has 0 saturated heterocycles. The van der Waals surface area contributed by atoms with E-state index in [1.807, 2.05) is 0 Å². The molecule has 0 spiro atoms. The molecule has 72 valence electrons. The zero-order valence-corrected chi connectivity index (χ0v) is 8.69. The largest absolute Gasteiger partial charge is 0.393 e. The van der Waals surface area contributed by atoms with Crippen LogP contribution in [0.15, 0.2) is 0 Å². The van der Waals surface area contributed by atoms with Crippen LogP contribution in [0, 0.1) is 0 Å². The molecule has 0 saturated carbocycles. The summed E-state index contributed by atoms with van der Waals surface area (Å²) >= 11 is 4.77. The number of thiocarbonyl (C=S) groups is 1. The third-order valence-corrected chi connectivity index (χ3v) is 1.84. The molecular weight excluding hydrogens is 172 g/mol. The normalized spacial score (nSPS) is 10.6. The molecular formula is C8H18N2OS. The monoisotopic (exact) mass is 190 g/mol. The minimum absolute atomic E-state index is 0.607. The predicted molar refractivity (Wildman–Crippen MR) is 55.4 cm³/mol. The Labute approximate surface area is 79.9 Å². The van der Waals surface area contributed by atoms with Crippen molar-refractivity contribution in [3.63, 3.8) is 0 Å². The Balaban J connectivity index is 3.19. The summed E-state index contributed by atoms with van der Waals surface area (Å²) in [5.74, 6) is 0. The summed E-state index contributed by atoms with van der Waals surface area (Å²) in [4.78, 5) is 2.82. The van der Waals surface area contributed by atoms with Crippen molar-refractivity contribution in [1.29, 1.82) is 0 Å². The van der Waals surface area contributed by atoms with Gasteiger partial charge in [-0.05, 0) is 26.4 Å². The first-order chi connectivity index (χ1) is 5.66. The van der Waals surface area contributed by atoms with Gasteiger partial charge in [-0.1, -0.05) is 12.2 Å². The van der Waals surface area contributed by atoms with E-state index >= 15 is 0 Å². The van der Waals surface area contributed by atoms with Crippen molar-refractivity contribution in [2.45, 2.75) is 12.8 Å². The number of hydrogen-bond donors (Lipinski definition) is 1. The lowest BCUT2D eigenvalue weighted by Crippen LogP contribution is -2.24. The van der Waals surface area contributed by atoms with Gasteiger partial charge in [-0.3, -0.25) is 0 Å². The van der Waals surface area contributed by atoms with E-state index in [1.54, 1.807) is 7.11 Å². The molecule has 0 atom stereocenters. The van der Waals surface area contributed by atoms with Gasteiger partial charge in [0.1, 0.15) is 0 Å². The first-order valence-corrected chi connectivity index (χ1v) is 4.53. The van der Waals surface area contributed by atoms with Crippen molar-refractivity contribution in [2.24, 2.45) is 5.73 Å². The number of methoxy groups -OCH3 is 1. The molecule has 0 aliphatic carbocycles. The van der Waals surface area contributed by atoms with Gasteiger partial charge in [-0.15, -0.1) is 0 Å². The first-order valence-electron chi connectivity index (χ1n) is 4.12. The second-order valence-electron chi connectivity index (χ2n) is 2.87. The van der Waals surface area contributed by atoms with E-state index in [4.69, 9.17) is 22.7 Å². The predicted octanol–water partition coefficient (Wildman–Crippen LogP) is 0.631. The highest BCUT2D eigenvalue weighted by Gasteiger charge is 1.97. The van der Waals surface area contributed by atoms with E-state index in [0.717, 1.165) is 32.5 Å². The van der Waals surface area contributed by atoms with Crippen LogP contribution in [-0.4, -0.2) is 43.7 Å². The van der Waals surface area contributed by atoms with E-state index in [2.05, 4.69) is 11.9 Å². The molecule has 0 fully saturated rings. The van der Waals surface area contributed by atoms with Crippen LogP contribution in [-0.2, 0) is 4.74 Å². The van der Waals surface area contributed by atoms with E-state index in [-0.39, 0.29) is 0 Å². The standard InChI is InChI=1S/C8H18N2OS/c1-10(6-7-11-2)5-3-4-8(9)12/h3-7H2,1-2H3,(H2,9,12). The van der Waals surface area contributed by atoms with Crippen molar-refractivity contribution in [3.05, 3.63) is 0 Å². The lowest BCUT2D eigenvalue weighted by Gasteiger charge is -2.15. The fraction of sp³-hybridized carbons (Fsp3) is 0.875. The topological polar surface area (TPSA) is 38.5 Å². The Hall–Kier alpha value is -0.190. The Kier molecular flexibility index (Phi) is 7.34. The van der Waals surface area contributed by atoms with Crippen LogP contribution in [0.1, 0.15) is 12.8 Å². The minimum Gasteiger partial charge on any atom is -0.393 e. The zero-order valence-electron chi connectivity index (χ0n) is 7.88. The first kappa shape index (κ1) is 11.8. The van der Waals surface area contributed by atoms with Gasteiger partial charge in [0.05, 0.1) is 11.6 Å². The molecule has 0 heterocycles. The number of hydrogen-bond acceptors (Lipinski definition) is 3. The molecule has 3 nitrogen and oxygen atoms in total. The summed E-state index contributed by atoms with van der Waals surface area (Å²) in [6.07, 6.45) is 1.88. The molecule has 0 rings (SSSR count). The molecule has 0 unspecified atom stereocenters. The fourth-order valence-corrected chi connectivity index (χ4v) is 1.03. The highest BCUT2D eigenvalue weighted by Crippen LogP contribution is 1.92. The van der Waals surface area contributed by atoms with Crippen LogP contribution in [0.25, 0.3) is 0 Å². The van der Waals surface area contributed by atoms with Gasteiger partial charge in [0.25, 0.3) is 0 Å². The van der Waals surface area contributed by atoms with Crippen molar-refractivity contribution >= 4 is 17.2 Å².